The van der Waals surface area contributed by atoms with Crippen molar-refractivity contribution in [3.8, 4) is 0 Å². The fourth-order valence-corrected chi connectivity index (χ4v) is 5.36. The molecule has 0 spiro atoms. The number of hydrogen-bond acceptors (Lipinski definition) is 3. The third kappa shape index (κ3) is 5.97. The van der Waals surface area contributed by atoms with Crippen LogP contribution in [-0.2, 0) is 14.3 Å². The fraction of sp³-hybridized carbons (Fsp3) is 0.917. The van der Waals surface area contributed by atoms with E-state index in [1.165, 1.54) is 12.8 Å². The van der Waals surface area contributed by atoms with E-state index >= 15 is 0 Å². The third-order valence-corrected chi connectivity index (χ3v) is 7.72. The van der Waals surface area contributed by atoms with E-state index in [4.69, 9.17) is 4.74 Å². The minimum Gasteiger partial charge on any atom is -0.481 e. The van der Waals surface area contributed by atoms with Gasteiger partial charge in [-0.2, -0.15) is 0 Å². The maximum atomic E-state index is 13.1. The Bertz CT molecular complexity index is 529. The standard InChI is InChI=1S/C24H42O4/c1-14(2)17(5)13-22(19-9-7-15(3)11-18(19)6)28-24(27)20-10-8-16(4)12-21(20)23(25)26/h14-22H,7-13H2,1-6H3,(H,25,26). The molecule has 2 rings (SSSR count). The summed E-state index contributed by atoms with van der Waals surface area (Å²) in [7, 11) is 0. The summed E-state index contributed by atoms with van der Waals surface area (Å²) in [5, 5.41) is 9.64. The second kappa shape index (κ2) is 10.1. The number of esters is 1. The zero-order valence-corrected chi connectivity index (χ0v) is 18.8. The normalized spacial score (nSPS) is 36.0. The molecule has 2 aliphatic carbocycles. The largest absolute Gasteiger partial charge is 0.481 e. The van der Waals surface area contributed by atoms with Gasteiger partial charge in [-0.3, -0.25) is 9.59 Å². The maximum Gasteiger partial charge on any atom is 0.310 e. The van der Waals surface area contributed by atoms with Crippen LogP contribution in [0, 0.1) is 47.3 Å². The van der Waals surface area contributed by atoms with Gasteiger partial charge in [0.1, 0.15) is 6.10 Å². The van der Waals surface area contributed by atoms with Crippen LogP contribution in [0.3, 0.4) is 0 Å². The summed E-state index contributed by atoms with van der Waals surface area (Å²) < 4.78 is 6.17. The van der Waals surface area contributed by atoms with Gasteiger partial charge in [-0.05, 0) is 74.0 Å². The lowest BCUT2D eigenvalue weighted by molar-refractivity contribution is -0.169. The minimum absolute atomic E-state index is 0.0822. The van der Waals surface area contributed by atoms with Gasteiger partial charge in [0.05, 0.1) is 11.8 Å². The van der Waals surface area contributed by atoms with Gasteiger partial charge >= 0.3 is 11.9 Å². The Morgan fingerprint density at radius 3 is 2.11 bits per heavy atom. The van der Waals surface area contributed by atoms with E-state index in [1.54, 1.807) is 0 Å². The summed E-state index contributed by atoms with van der Waals surface area (Å²) in [6.45, 7) is 13.4. The van der Waals surface area contributed by atoms with E-state index < -0.39 is 17.8 Å². The predicted octanol–water partition coefficient (Wildman–Crippen LogP) is 5.79. The highest BCUT2D eigenvalue weighted by Gasteiger charge is 2.42. The van der Waals surface area contributed by atoms with Gasteiger partial charge in [-0.25, -0.2) is 0 Å². The van der Waals surface area contributed by atoms with Crippen LogP contribution in [-0.4, -0.2) is 23.1 Å². The summed E-state index contributed by atoms with van der Waals surface area (Å²) in [4.78, 5) is 24.9. The molecule has 0 heterocycles. The summed E-state index contributed by atoms with van der Waals surface area (Å²) in [6.07, 6.45) is 6.42. The van der Waals surface area contributed by atoms with E-state index in [2.05, 4.69) is 41.5 Å². The summed E-state index contributed by atoms with van der Waals surface area (Å²) in [6, 6.07) is 0. The summed E-state index contributed by atoms with van der Waals surface area (Å²) in [5.74, 6) is 0.878. The van der Waals surface area contributed by atoms with Gasteiger partial charge in [0.15, 0.2) is 0 Å². The van der Waals surface area contributed by atoms with Crippen molar-refractivity contribution in [2.24, 2.45) is 47.3 Å². The average Bonchev–Trinajstić information content (AvgIpc) is 2.60. The zero-order chi connectivity index (χ0) is 21.0. The minimum atomic E-state index is -0.847. The number of rotatable bonds is 7. The smallest absolute Gasteiger partial charge is 0.310 e. The topological polar surface area (TPSA) is 63.6 Å². The van der Waals surface area contributed by atoms with E-state index in [1.807, 2.05) is 0 Å². The molecule has 0 saturated heterocycles. The van der Waals surface area contributed by atoms with Crippen molar-refractivity contribution in [2.45, 2.75) is 92.6 Å². The first kappa shape index (κ1) is 23.2. The van der Waals surface area contributed by atoms with E-state index in [9.17, 15) is 14.7 Å². The molecule has 0 bridgehead atoms. The Balaban J connectivity index is 2.13. The van der Waals surface area contributed by atoms with E-state index in [0.29, 0.717) is 42.4 Å². The molecule has 8 atom stereocenters. The second-order valence-corrected chi connectivity index (χ2v) is 10.5. The lowest BCUT2D eigenvalue weighted by Crippen LogP contribution is -2.41. The molecule has 28 heavy (non-hydrogen) atoms. The fourth-order valence-electron chi connectivity index (χ4n) is 5.36. The monoisotopic (exact) mass is 394 g/mol. The highest BCUT2D eigenvalue weighted by molar-refractivity contribution is 5.81. The van der Waals surface area contributed by atoms with Crippen molar-refractivity contribution in [1.82, 2.24) is 0 Å². The van der Waals surface area contributed by atoms with Crippen molar-refractivity contribution < 1.29 is 19.4 Å². The Labute approximate surface area is 171 Å². The van der Waals surface area contributed by atoms with Gasteiger partial charge in [0, 0.05) is 0 Å². The number of carbonyl (C=O) groups excluding carboxylic acids is 1. The van der Waals surface area contributed by atoms with Gasteiger partial charge in [0.2, 0.25) is 0 Å². The zero-order valence-electron chi connectivity index (χ0n) is 18.8. The Kier molecular flexibility index (Phi) is 8.39. The van der Waals surface area contributed by atoms with Crippen LogP contribution < -0.4 is 0 Å². The third-order valence-electron chi connectivity index (χ3n) is 7.72. The van der Waals surface area contributed by atoms with Gasteiger partial charge < -0.3 is 9.84 Å². The first-order chi connectivity index (χ1) is 13.1. The first-order valence-corrected chi connectivity index (χ1v) is 11.5. The number of hydrogen-bond donors (Lipinski definition) is 1. The van der Waals surface area contributed by atoms with Crippen molar-refractivity contribution in [3.63, 3.8) is 0 Å². The Morgan fingerprint density at radius 2 is 1.54 bits per heavy atom. The molecule has 0 amide bonds. The van der Waals surface area contributed by atoms with Crippen LogP contribution in [0.4, 0.5) is 0 Å². The molecule has 0 aromatic heterocycles. The number of aliphatic carboxylic acids is 1. The van der Waals surface area contributed by atoms with Crippen LogP contribution in [0.15, 0.2) is 0 Å². The van der Waals surface area contributed by atoms with Crippen LogP contribution in [0.1, 0.15) is 86.5 Å². The molecule has 1 N–H and O–H groups in total. The number of carboxylic acids is 1. The predicted molar refractivity (Wildman–Crippen MR) is 112 cm³/mol. The lowest BCUT2D eigenvalue weighted by Gasteiger charge is -2.40. The first-order valence-electron chi connectivity index (χ1n) is 11.5. The summed E-state index contributed by atoms with van der Waals surface area (Å²) >= 11 is 0. The highest BCUT2D eigenvalue weighted by Crippen LogP contribution is 2.40. The quantitative estimate of drug-likeness (QED) is 0.555. The summed E-state index contributed by atoms with van der Waals surface area (Å²) in [5.41, 5.74) is 0. The molecule has 2 aliphatic rings. The van der Waals surface area contributed by atoms with Crippen molar-refractivity contribution >= 4 is 11.9 Å². The maximum absolute atomic E-state index is 13.1. The molecule has 4 heteroatoms. The molecule has 2 fully saturated rings. The molecule has 8 unspecified atom stereocenters. The molecule has 162 valence electrons. The van der Waals surface area contributed by atoms with E-state index in [0.717, 1.165) is 25.2 Å². The number of carbonyl (C=O) groups is 2. The van der Waals surface area contributed by atoms with Gasteiger partial charge in [-0.15, -0.1) is 0 Å². The molecule has 0 radical (unpaired) electrons. The molecule has 4 nitrogen and oxygen atoms in total. The average molecular weight is 395 g/mol. The lowest BCUT2D eigenvalue weighted by atomic mass is 9.71. The molecular weight excluding hydrogens is 352 g/mol. The van der Waals surface area contributed by atoms with Crippen LogP contribution >= 0.6 is 0 Å². The van der Waals surface area contributed by atoms with Gasteiger partial charge in [0.25, 0.3) is 0 Å². The molecule has 0 aliphatic heterocycles. The molecule has 2 saturated carbocycles. The van der Waals surface area contributed by atoms with Gasteiger partial charge in [-0.1, -0.05) is 48.0 Å². The van der Waals surface area contributed by atoms with Crippen LogP contribution in [0.2, 0.25) is 0 Å². The second-order valence-electron chi connectivity index (χ2n) is 10.5. The molecular formula is C24H42O4. The molecule has 0 aromatic rings. The molecule has 0 aromatic carbocycles. The number of carboxylic acid groups (broad SMARTS) is 1. The highest BCUT2D eigenvalue weighted by atomic mass is 16.5. The van der Waals surface area contributed by atoms with Crippen molar-refractivity contribution in [2.75, 3.05) is 0 Å². The van der Waals surface area contributed by atoms with Crippen molar-refractivity contribution in [1.29, 1.82) is 0 Å². The van der Waals surface area contributed by atoms with Crippen molar-refractivity contribution in [3.05, 3.63) is 0 Å². The Hall–Kier alpha value is -1.06. The van der Waals surface area contributed by atoms with Crippen LogP contribution in [0.5, 0.6) is 0 Å². The Morgan fingerprint density at radius 1 is 0.929 bits per heavy atom. The number of ether oxygens (including phenoxy) is 1. The van der Waals surface area contributed by atoms with Crippen LogP contribution in [0.25, 0.3) is 0 Å². The van der Waals surface area contributed by atoms with E-state index in [-0.39, 0.29) is 12.1 Å². The SMILES string of the molecule is CC1CCC(C(CC(C)C(C)C)OC(=O)C2CCC(C)CC2C(=O)O)C(C)C1.